The lowest BCUT2D eigenvalue weighted by atomic mass is 10.2. The third kappa shape index (κ3) is 3.57. The molecule has 8 heteroatoms. The number of aromatic carboxylic acids is 1. The van der Waals surface area contributed by atoms with Crippen molar-refractivity contribution < 1.29 is 18.3 Å². The van der Waals surface area contributed by atoms with Crippen LogP contribution in [0.2, 0.25) is 0 Å². The molecule has 0 aliphatic heterocycles. The molecule has 106 valence electrons. The van der Waals surface area contributed by atoms with Crippen LogP contribution in [-0.2, 0) is 9.84 Å². The molecule has 0 bridgehead atoms. The maximum Gasteiger partial charge on any atom is 0.339 e. The van der Waals surface area contributed by atoms with E-state index in [-0.39, 0.29) is 23.6 Å². The molecule has 1 aromatic rings. The molecule has 19 heavy (non-hydrogen) atoms. The molecule has 0 spiro atoms. The number of hydrogen-bond acceptors (Lipinski definition) is 6. The number of rotatable bonds is 5. The Morgan fingerprint density at radius 3 is 2.58 bits per heavy atom. The third-order valence-electron chi connectivity index (χ3n) is 2.82. The smallest absolute Gasteiger partial charge is 0.339 e. The fourth-order valence-electron chi connectivity index (χ4n) is 1.21. The lowest BCUT2D eigenvalue weighted by Gasteiger charge is -2.23. The van der Waals surface area contributed by atoms with E-state index >= 15 is 0 Å². The number of nitrogen functional groups attached to an aromatic ring is 1. The zero-order valence-corrected chi connectivity index (χ0v) is 11.8. The van der Waals surface area contributed by atoms with Crippen LogP contribution in [0.25, 0.3) is 0 Å². The standard InChI is InChI=1S/C11H17N3O4S/c1-11(2,19(3,17)18)6-14-9-8(10(15)16)4-7(12)5-13-9/h4-5H,6,12H2,1-3H3,(H,13,14)(H,15,16). The summed E-state index contributed by atoms with van der Waals surface area (Å²) in [4.78, 5) is 14.9. The summed E-state index contributed by atoms with van der Waals surface area (Å²) in [5.41, 5.74) is 5.60. The molecule has 0 amide bonds. The molecule has 0 radical (unpaired) electrons. The van der Waals surface area contributed by atoms with Crippen molar-refractivity contribution >= 4 is 27.3 Å². The molecule has 0 fully saturated rings. The highest BCUT2D eigenvalue weighted by Gasteiger charge is 2.30. The topological polar surface area (TPSA) is 122 Å². The Morgan fingerprint density at radius 1 is 1.53 bits per heavy atom. The van der Waals surface area contributed by atoms with Crippen molar-refractivity contribution in [2.24, 2.45) is 0 Å². The van der Waals surface area contributed by atoms with Gasteiger partial charge in [-0.05, 0) is 19.9 Å². The van der Waals surface area contributed by atoms with Gasteiger partial charge >= 0.3 is 5.97 Å². The summed E-state index contributed by atoms with van der Waals surface area (Å²) < 4.78 is 22.1. The van der Waals surface area contributed by atoms with Gasteiger partial charge in [0.25, 0.3) is 0 Å². The van der Waals surface area contributed by atoms with E-state index in [4.69, 9.17) is 10.8 Å². The highest BCUT2D eigenvalue weighted by atomic mass is 32.2. The van der Waals surface area contributed by atoms with E-state index in [9.17, 15) is 13.2 Å². The van der Waals surface area contributed by atoms with Crippen LogP contribution in [0, 0.1) is 0 Å². The van der Waals surface area contributed by atoms with Gasteiger partial charge in [-0.25, -0.2) is 18.2 Å². The summed E-state index contributed by atoms with van der Waals surface area (Å²) in [5, 5.41) is 11.8. The number of nitrogens with zero attached hydrogens (tertiary/aromatic N) is 1. The fraction of sp³-hybridized carbons (Fsp3) is 0.455. The van der Waals surface area contributed by atoms with E-state index < -0.39 is 20.6 Å². The lowest BCUT2D eigenvalue weighted by Crippen LogP contribution is -2.38. The number of carbonyl (C=O) groups is 1. The van der Waals surface area contributed by atoms with E-state index in [1.807, 2.05) is 0 Å². The van der Waals surface area contributed by atoms with Crippen LogP contribution in [0.1, 0.15) is 24.2 Å². The van der Waals surface area contributed by atoms with E-state index in [0.717, 1.165) is 6.26 Å². The Morgan fingerprint density at radius 2 is 2.11 bits per heavy atom. The SMILES string of the molecule is CC(C)(CNc1ncc(N)cc1C(=O)O)S(C)(=O)=O. The van der Waals surface area contributed by atoms with Crippen molar-refractivity contribution in [1.29, 1.82) is 0 Å². The fourth-order valence-corrected chi connectivity index (χ4v) is 1.55. The first-order chi connectivity index (χ1) is 8.54. The normalized spacial score (nSPS) is 12.2. The second-order valence-electron chi connectivity index (χ2n) is 4.86. The molecular formula is C11H17N3O4S. The summed E-state index contributed by atoms with van der Waals surface area (Å²) in [6.45, 7) is 3.14. The van der Waals surface area contributed by atoms with Crippen molar-refractivity contribution in [3.05, 3.63) is 17.8 Å². The number of hydrogen-bond donors (Lipinski definition) is 3. The zero-order chi connectivity index (χ0) is 14.8. The number of pyridine rings is 1. The van der Waals surface area contributed by atoms with Gasteiger partial charge in [0.1, 0.15) is 11.4 Å². The first-order valence-electron chi connectivity index (χ1n) is 5.47. The van der Waals surface area contributed by atoms with Gasteiger partial charge in [0, 0.05) is 12.8 Å². The summed E-state index contributed by atoms with van der Waals surface area (Å²) >= 11 is 0. The van der Waals surface area contributed by atoms with Gasteiger partial charge in [0.2, 0.25) is 0 Å². The number of sulfone groups is 1. The van der Waals surface area contributed by atoms with E-state index in [1.165, 1.54) is 12.3 Å². The molecule has 7 nitrogen and oxygen atoms in total. The maximum atomic E-state index is 11.6. The lowest BCUT2D eigenvalue weighted by molar-refractivity contribution is 0.0697. The first-order valence-corrected chi connectivity index (χ1v) is 7.36. The third-order valence-corrected chi connectivity index (χ3v) is 4.98. The summed E-state index contributed by atoms with van der Waals surface area (Å²) in [6, 6.07) is 1.27. The largest absolute Gasteiger partial charge is 0.478 e. The van der Waals surface area contributed by atoms with Crippen LogP contribution < -0.4 is 11.1 Å². The second kappa shape index (κ2) is 5.04. The molecule has 1 rings (SSSR count). The first kappa shape index (κ1) is 15.2. The van der Waals surface area contributed by atoms with Gasteiger partial charge in [-0.15, -0.1) is 0 Å². The molecule has 1 heterocycles. The quantitative estimate of drug-likeness (QED) is 0.724. The van der Waals surface area contributed by atoms with Crippen LogP contribution in [0.15, 0.2) is 12.3 Å². The minimum Gasteiger partial charge on any atom is -0.478 e. The average molecular weight is 287 g/mol. The average Bonchev–Trinajstić information content (AvgIpc) is 2.25. The molecule has 0 unspecified atom stereocenters. The number of nitrogens with two attached hydrogens (primary N) is 1. The van der Waals surface area contributed by atoms with Crippen molar-refractivity contribution in [3.63, 3.8) is 0 Å². The predicted octanol–water partition coefficient (Wildman–Crippen LogP) is 0.597. The van der Waals surface area contributed by atoms with Crippen LogP contribution in [0.3, 0.4) is 0 Å². The number of aromatic nitrogens is 1. The van der Waals surface area contributed by atoms with Gasteiger partial charge in [-0.3, -0.25) is 0 Å². The van der Waals surface area contributed by atoms with Crippen molar-refractivity contribution in [1.82, 2.24) is 4.98 Å². The minimum atomic E-state index is -3.28. The summed E-state index contributed by atoms with van der Waals surface area (Å²) in [7, 11) is -3.28. The van der Waals surface area contributed by atoms with Crippen molar-refractivity contribution in [3.8, 4) is 0 Å². The Labute approximate surface area is 111 Å². The van der Waals surface area contributed by atoms with Crippen molar-refractivity contribution in [2.75, 3.05) is 23.9 Å². The second-order valence-corrected chi connectivity index (χ2v) is 7.50. The molecule has 0 saturated carbocycles. The van der Waals surface area contributed by atoms with E-state index in [2.05, 4.69) is 10.3 Å². The molecule has 0 aliphatic rings. The Balaban J connectivity index is 2.99. The maximum absolute atomic E-state index is 11.6. The van der Waals surface area contributed by atoms with Crippen molar-refractivity contribution in [2.45, 2.75) is 18.6 Å². The van der Waals surface area contributed by atoms with Gasteiger partial charge < -0.3 is 16.2 Å². The highest BCUT2D eigenvalue weighted by Crippen LogP contribution is 2.19. The minimum absolute atomic E-state index is 0.0447. The molecule has 0 aliphatic carbocycles. The monoisotopic (exact) mass is 287 g/mol. The Hall–Kier alpha value is -1.83. The summed E-state index contributed by atoms with van der Waals surface area (Å²) in [5.74, 6) is -1.09. The number of nitrogens with one attached hydrogen (secondary N) is 1. The number of anilines is 2. The Kier molecular flexibility index (Phi) is 4.04. The number of carboxylic acid groups (broad SMARTS) is 1. The van der Waals surface area contributed by atoms with Crippen LogP contribution in [0.4, 0.5) is 11.5 Å². The van der Waals surface area contributed by atoms with Gasteiger partial charge in [0.05, 0.1) is 16.6 Å². The molecule has 4 N–H and O–H groups in total. The van der Waals surface area contributed by atoms with Crippen LogP contribution in [0.5, 0.6) is 0 Å². The van der Waals surface area contributed by atoms with Gasteiger partial charge in [-0.1, -0.05) is 0 Å². The van der Waals surface area contributed by atoms with Crippen LogP contribution >= 0.6 is 0 Å². The molecule has 0 aromatic carbocycles. The number of carboxylic acids is 1. The Bertz CT molecular complexity index is 596. The molecule has 0 saturated heterocycles. The van der Waals surface area contributed by atoms with Gasteiger partial charge in [0.15, 0.2) is 9.84 Å². The van der Waals surface area contributed by atoms with E-state index in [1.54, 1.807) is 13.8 Å². The van der Waals surface area contributed by atoms with E-state index in [0.29, 0.717) is 0 Å². The molecule has 1 aromatic heterocycles. The predicted molar refractivity (Wildman–Crippen MR) is 73.0 cm³/mol. The molecular weight excluding hydrogens is 270 g/mol. The van der Waals surface area contributed by atoms with Gasteiger partial charge in [-0.2, -0.15) is 0 Å². The van der Waals surface area contributed by atoms with Crippen LogP contribution in [-0.4, -0.2) is 42.0 Å². The zero-order valence-electron chi connectivity index (χ0n) is 11.0. The highest BCUT2D eigenvalue weighted by molar-refractivity contribution is 7.92. The summed E-state index contributed by atoms with van der Waals surface area (Å²) in [6.07, 6.45) is 2.44. The molecule has 0 atom stereocenters.